The quantitative estimate of drug-likeness (QED) is 0.393. The first-order valence-corrected chi connectivity index (χ1v) is 5.28. The molecule has 4 N–H and O–H groups in total. The van der Waals surface area contributed by atoms with Gasteiger partial charge in [0, 0.05) is 11.3 Å². The molecule has 0 saturated heterocycles. The van der Waals surface area contributed by atoms with Gasteiger partial charge >= 0.3 is 0 Å². The molecule has 0 aromatic heterocycles. The molecular formula is C12H15N3O3. The summed E-state index contributed by atoms with van der Waals surface area (Å²) in [4.78, 5) is 23.2. The summed E-state index contributed by atoms with van der Waals surface area (Å²) in [6, 6.07) is 7.74. The fourth-order valence-corrected chi connectivity index (χ4v) is 1.31. The van der Waals surface area contributed by atoms with E-state index in [4.69, 9.17) is 5.73 Å². The molecular weight excluding hydrogens is 234 g/mol. The van der Waals surface area contributed by atoms with E-state index < -0.39 is 17.4 Å². The lowest BCUT2D eigenvalue weighted by Crippen LogP contribution is -2.52. The smallest absolute Gasteiger partial charge is 0.286 e. The summed E-state index contributed by atoms with van der Waals surface area (Å²) in [7, 11) is 0. The molecule has 0 aliphatic carbocycles. The summed E-state index contributed by atoms with van der Waals surface area (Å²) >= 11 is 0. The summed E-state index contributed by atoms with van der Waals surface area (Å²) in [5.74, 6) is -2.14. The maximum Gasteiger partial charge on any atom is 0.286 e. The Morgan fingerprint density at radius 1 is 1.28 bits per heavy atom. The van der Waals surface area contributed by atoms with Gasteiger partial charge in [-0.15, -0.1) is 0 Å². The first-order valence-electron chi connectivity index (χ1n) is 5.28. The molecule has 0 aliphatic rings. The van der Waals surface area contributed by atoms with Crippen LogP contribution in [0, 0.1) is 0 Å². The van der Waals surface area contributed by atoms with Crippen molar-refractivity contribution >= 4 is 17.5 Å². The van der Waals surface area contributed by atoms with Crippen molar-refractivity contribution < 1.29 is 14.7 Å². The molecule has 6 heteroatoms. The van der Waals surface area contributed by atoms with Crippen LogP contribution in [-0.2, 0) is 15.2 Å². The minimum Gasteiger partial charge on any atom is -0.368 e. The average molecular weight is 249 g/mol. The summed E-state index contributed by atoms with van der Waals surface area (Å²) in [5.41, 5.74) is 5.45. The monoisotopic (exact) mass is 249 g/mol. The molecule has 0 bridgehead atoms. The molecule has 1 rings (SSSR count). The number of primary amides is 1. The molecule has 0 spiro atoms. The van der Waals surface area contributed by atoms with Crippen LogP contribution in [0.1, 0.15) is 19.4 Å². The molecule has 1 aromatic carbocycles. The van der Waals surface area contributed by atoms with Crippen LogP contribution in [0.5, 0.6) is 0 Å². The van der Waals surface area contributed by atoms with Gasteiger partial charge in [-0.2, -0.15) is 5.10 Å². The van der Waals surface area contributed by atoms with Crippen molar-refractivity contribution in [3.8, 4) is 0 Å². The molecule has 1 aromatic rings. The van der Waals surface area contributed by atoms with Gasteiger partial charge in [0.2, 0.25) is 5.60 Å². The number of amides is 2. The Hall–Kier alpha value is -2.21. The molecule has 0 radical (unpaired) electrons. The van der Waals surface area contributed by atoms with Crippen molar-refractivity contribution in [2.24, 2.45) is 10.8 Å². The van der Waals surface area contributed by atoms with E-state index in [0.29, 0.717) is 5.71 Å². The van der Waals surface area contributed by atoms with E-state index in [9.17, 15) is 14.7 Å². The second-order valence-corrected chi connectivity index (χ2v) is 3.94. The molecule has 0 fully saturated rings. The molecule has 18 heavy (non-hydrogen) atoms. The first kappa shape index (κ1) is 13.9. The van der Waals surface area contributed by atoms with Gasteiger partial charge in [0.25, 0.3) is 11.8 Å². The van der Waals surface area contributed by atoms with Crippen LogP contribution in [0.3, 0.4) is 0 Å². The predicted octanol–water partition coefficient (Wildman–Crippen LogP) is -0.128. The lowest BCUT2D eigenvalue weighted by Gasteiger charge is -2.22. The number of nitrogens with zero attached hydrogens (tertiary/aromatic N) is 1. The van der Waals surface area contributed by atoms with Gasteiger partial charge in [-0.25, -0.2) is 5.43 Å². The first-order chi connectivity index (χ1) is 8.39. The number of hydrogen-bond donors (Lipinski definition) is 3. The number of benzene rings is 1. The fraction of sp³-hybridized carbons (Fsp3) is 0.250. The van der Waals surface area contributed by atoms with Crippen LogP contribution >= 0.6 is 0 Å². The zero-order valence-corrected chi connectivity index (χ0v) is 10.2. The van der Waals surface area contributed by atoms with E-state index in [0.717, 1.165) is 0 Å². The van der Waals surface area contributed by atoms with E-state index in [1.807, 2.05) is 0 Å². The number of carbonyl (C=O) groups excluding carboxylic acids is 2. The Balaban J connectivity index is 3.13. The minimum absolute atomic E-state index is 0.0963. The summed E-state index contributed by atoms with van der Waals surface area (Å²) in [5, 5.41) is 13.8. The number of aliphatic hydroxyl groups is 1. The highest BCUT2D eigenvalue weighted by atomic mass is 16.3. The predicted molar refractivity (Wildman–Crippen MR) is 66.5 cm³/mol. The summed E-state index contributed by atoms with van der Waals surface area (Å²) < 4.78 is 0. The molecule has 0 saturated carbocycles. The largest absolute Gasteiger partial charge is 0.368 e. The summed E-state index contributed by atoms with van der Waals surface area (Å²) in [6.07, 6.45) is 0. The molecule has 6 nitrogen and oxygen atoms in total. The molecule has 0 heterocycles. The lowest BCUT2D eigenvalue weighted by atomic mass is 9.92. The van der Waals surface area contributed by atoms with Crippen LogP contribution in [0.4, 0.5) is 0 Å². The van der Waals surface area contributed by atoms with Gasteiger partial charge in [-0.05, 0) is 13.8 Å². The Bertz CT molecular complexity index is 481. The molecule has 1 atom stereocenters. The Kier molecular flexibility index (Phi) is 4.17. The number of nitrogens with one attached hydrogen (secondary N) is 1. The van der Waals surface area contributed by atoms with Crippen LogP contribution in [0.15, 0.2) is 35.4 Å². The van der Waals surface area contributed by atoms with E-state index in [1.165, 1.54) is 12.1 Å². The van der Waals surface area contributed by atoms with Crippen molar-refractivity contribution in [2.75, 3.05) is 0 Å². The average Bonchev–Trinajstić information content (AvgIpc) is 2.35. The molecule has 96 valence electrons. The van der Waals surface area contributed by atoms with Gasteiger partial charge in [0.15, 0.2) is 0 Å². The van der Waals surface area contributed by atoms with Crippen LogP contribution in [0.2, 0.25) is 0 Å². The number of hydrogen-bond acceptors (Lipinski definition) is 4. The highest BCUT2D eigenvalue weighted by Gasteiger charge is 2.44. The fourth-order valence-electron chi connectivity index (χ4n) is 1.31. The van der Waals surface area contributed by atoms with Crippen molar-refractivity contribution in [1.29, 1.82) is 0 Å². The van der Waals surface area contributed by atoms with E-state index in [2.05, 4.69) is 10.5 Å². The standard InChI is InChI=1S/C12H15N3O3/c1-8(2)14-15-11(17)12(18,10(13)16)9-6-4-3-5-7-9/h3-7,18H,1-2H3,(H2,13,16)(H,15,17). The summed E-state index contributed by atoms with van der Waals surface area (Å²) in [6.45, 7) is 3.32. The van der Waals surface area contributed by atoms with E-state index in [-0.39, 0.29) is 5.56 Å². The van der Waals surface area contributed by atoms with Crippen molar-refractivity contribution in [3.05, 3.63) is 35.9 Å². The highest BCUT2D eigenvalue weighted by Crippen LogP contribution is 2.20. The second-order valence-electron chi connectivity index (χ2n) is 3.94. The Morgan fingerprint density at radius 2 is 1.83 bits per heavy atom. The van der Waals surface area contributed by atoms with Crippen LogP contribution in [-0.4, -0.2) is 22.6 Å². The number of nitrogens with two attached hydrogens (primary N) is 1. The van der Waals surface area contributed by atoms with Crippen LogP contribution < -0.4 is 11.2 Å². The molecule has 0 aliphatic heterocycles. The van der Waals surface area contributed by atoms with E-state index in [1.54, 1.807) is 32.0 Å². The third kappa shape index (κ3) is 2.72. The highest BCUT2D eigenvalue weighted by molar-refractivity contribution is 6.08. The molecule has 2 amide bonds. The maximum absolute atomic E-state index is 11.8. The molecule has 1 unspecified atom stereocenters. The Morgan fingerprint density at radius 3 is 2.28 bits per heavy atom. The topological polar surface area (TPSA) is 105 Å². The van der Waals surface area contributed by atoms with Crippen LogP contribution in [0.25, 0.3) is 0 Å². The Labute approximate surface area is 104 Å². The van der Waals surface area contributed by atoms with E-state index >= 15 is 0 Å². The maximum atomic E-state index is 11.8. The second kappa shape index (κ2) is 5.42. The van der Waals surface area contributed by atoms with Crippen molar-refractivity contribution in [2.45, 2.75) is 19.4 Å². The SMILES string of the molecule is CC(C)=NNC(=O)C(O)(C(N)=O)c1ccccc1. The zero-order chi connectivity index (χ0) is 13.8. The van der Waals surface area contributed by atoms with Crippen molar-refractivity contribution in [1.82, 2.24) is 5.43 Å². The lowest BCUT2D eigenvalue weighted by molar-refractivity contribution is -0.152. The number of rotatable bonds is 4. The van der Waals surface area contributed by atoms with Crippen molar-refractivity contribution in [3.63, 3.8) is 0 Å². The normalized spacial score (nSPS) is 13.3. The van der Waals surface area contributed by atoms with Gasteiger partial charge in [0.05, 0.1) is 0 Å². The van der Waals surface area contributed by atoms with Gasteiger partial charge in [-0.3, -0.25) is 9.59 Å². The van der Waals surface area contributed by atoms with Gasteiger partial charge in [-0.1, -0.05) is 30.3 Å². The van der Waals surface area contributed by atoms with Gasteiger partial charge < -0.3 is 10.8 Å². The third-order valence-corrected chi connectivity index (χ3v) is 2.26. The minimum atomic E-state index is -2.43. The van der Waals surface area contributed by atoms with Gasteiger partial charge in [0.1, 0.15) is 0 Å². The number of hydrazone groups is 1. The third-order valence-electron chi connectivity index (χ3n) is 2.26. The zero-order valence-electron chi connectivity index (χ0n) is 10.2. The number of carbonyl (C=O) groups is 2.